The number of nitrogens with zero attached hydrogens (tertiary/aromatic N) is 2. The fourth-order valence-electron chi connectivity index (χ4n) is 2.55. The second-order valence-electron chi connectivity index (χ2n) is 5.79. The molecule has 1 unspecified atom stereocenters. The van der Waals surface area contributed by atoms with Crippen LogP contribution < -0.4 is 0 Å². The molecule has 1 N–H and O–H groups in total. The summed E-state index contributed by atoms with van der Waals surface area (Å²) in [6, 6.07) is 3.25. The number of carboxylic acid groups (broad SMARTS) is 1. The van der Waals surface area contributed by atoms with Crippen LogP contribution in [0.5, 0.6) is 0 Å². The first-order valence-corrected chi connectivity index (χ1v) is 9.46. The Kier molecular flexibility index (Phi) is 6.26. The third-order valence-corrected chi connectivity index (χ3v) is 5.01. The first-order chi connectivity index (χ1) is 12.1. The summed E-state index contributed by atoms with van der Waals surface area (Å²) in [5.41, 5.74) is -0.434. The SMILES string of the molecule is CS(=O)(=O)N(CC(=O)O)CC1CN(C(=O)c2cccc(F)c2F)CCO1. The monoisotopic (exact) mass is 392 g/mol. The van der Waals surface area contributed by atoms with Gasteiger partial charge < -0.3 is 14.7 Å². The predicted molar refractivity (Wildman–Crippen MR) is 86.1 cm³/mol. The molecule has 1 atom stereocenters. The summed E-state index contributed by atoms with van der Waals surface area (Å²) in [4.78, 5) is 24.5. The number of rotatable bonds is 6. The average Bonchev–Trinajstić information content (AvgIpc) is 2.55. The van der Waals surface area contributed by atoms with Crippen LogP contribution in [0.4, 0.5) is 8.78 Å². The van der Waals surface area contributed by atoms with E-state index in [2.05, 4.69) is 0 Å². The van der Waals surface area contributed by atoms with Gasteiger partial charge in [-0.2, -0.15) is 4.31 Å². The van der Waals surface area contributed by atoms with E-state index in [-0.39, 0.29) is 26.2 Å². The van der Waals surface area contributed by atoms with Crippen LogP contribution in [0.1, 0.15) is 10.4 Å². The molecule has 144 valence electrons. The van der Waals surface area contributed by atoms with Crippen molar-refractivity contribution in [1.82, 2.24) is 9.21 Å². The average molecular weight is 392 g/mol. The predicted octanol–water partition coefficient (Wildman–Crippen LogP) is 0.152. The number of hydrogen-bond acceptors (Lipinski definition) is 5. The van der Waals surface area contributed by atoms with Crippen LogP contribution in [0.25, 0.3) is 0 Å². The quantitative estimate of drug-likeness (QED) is 0.739. The molecular weight excluding hydrogens is 374 g/mol. The summed E-state index contributed by atoms with van der Waals surface area (Å²) in [7, 11) is -3.80. The maximum absolute atomic E-state index is 13.8. The molecule has 0 spiro atoms. The van der Waals surface area contributed by atoms with Crippen LogP contribution in [-0.2, 0) is 19.6 Å². The first-order valence-electron chi connectivity index (χ1n) is 7.61. The van der Waals surface area contributed by atoms with E-state index >= 15 is 0 Å². The number of ether oxygens (including phenoxy) is 1. The van der Waals surface area contributed by atoms with Gasteiger partial charge in [0, 0.05) is 19.6 Å². The molecule has 1 heterocycles. The summed E-state index contributed by atoms with van der Waals surface area (Å²) >= 11 is 0. The Balaban J connectivity index is 2.12. The number of halogens is 2. The Bertz CT molecular complexity index is 801. The molecule has 11 heteroatoms. The van der Waals surface area contributed by atoms with Crippen LogP contribution >= 0.6 is 0 Å². The van der Waals surface area contributed by atoms with Crippen molar-refractivity contribution in [3.63, 3.8) is 0 Å². The lowest BCUT2D eigenvalue weighted by molar-refractivity contribution is -0.137. The van der Waals surface area contributed by atoms with Gasteiger partial charge in [-0.3, -0.25) is 9.59 Å². The minimum Gasteiger partial charge on any atom is -0.480 e. The molecule has 1 aliphatic rings. The zero-order valence-corrected chi connectivity index (χ0v) is 14.7. The number of morpholine rings is 1. The number of carbonyl (C=O) groups excluding carboxylic acids is 1. The lowest BCUT2D eigenvalue weighted by Crippen LogP contribution is -2.51. The molecule has 8 nitrogen and oxygen atoms in total. The van der Waals surface area contributed by atoms with Crippen LogP contribution in [-0.4, -0.2) is 79.8 Å². The van der Waals surface area contributed by atoms with Gasteiger partial charge >= 0.3 is 5.97 Å². The molecule has 1 aliphatic heterocycles. The van der Waals surface area contributed by atoms with E-state index in [4.69, 9.17) is 9.84 Å². The van der Waals surface area contributed by atoms with E-state index in [1.54, 1.807) is 0 Å². The van der Waals surface area contributed by atoms with Crippen molar-refractivity contribution in [2.75, 3.05) is 39.0 Å². The van der Waals surface area contributed by atoms with Crippen molar-refractivity contribution in [2.24, 2.45) is 0 Å². The molecule has 1 amide bonds. The van der Waals surface area contributed by atoms with Gasteiger partial charge in [-0.05, 0) is 12.1 Å². The highest BCUT2D eigenvalue weighted by molar-refractivity contribution is 7.88. The Labute approximate surface area is 149 Å². The van der Waals surface area contributed by atoms with Crippen LogP contribution in [0.15, 0.2) is 18.2 Å². The first kappa shape index (κ1) is 20.2. The zero-order chi connectivity index (χ0) is 19.5. The van der Waals surface area contributed by atoms with E-state index in [1.807, 2.05) is 0 Å². The van der Waals surface area contributed by atoms with Gasteiger partial charge in [-0.25, -0.2) is 17.2 Å². The molecule has 26 heavy (non-hydrogen) atoms. The van der Waals surface area contributed by atoms with E-state index < -0.39 is 51.7 Å². The minimum absolute atomic E-state index is 0.0536. The van der Waals surface area contributed by atoms with E-state index in [0.29, 0.717) is 0 Å². The second-order valence-corrected chi connectivity index (χ2v) is 7.78. The zero-order valence-electron chi connectivity index (χ0n) is 13.9. The van der Waals surface area contributed by atoms with Crippen LogP contribution in [0.3, 0.4) is 0 Å². The molecule has 0 aromatic heterocycles. The van der Waals surface area contributed by atoms with Crippen molar-refractivity contribution in [1.29, 1.82) is 0 Å². The summed E-state index contributed by atoms with van der Waals surface area (Å²) in [5.74, 6) is -4.49. The van der Waals surface area contributed by atoms with Gasteiger partial charge in [-0.15, -0.1) is 0 Å². The molecular formula is C15H18F2N2O6S. The Morgan fingerprint density at radius 2 is 2.08 bits per heavy atom. The third-order valence-electron chi connectivity index (χ3n) is 3.80. The maximum atomic E-state index is 13.8. The molecule has 0 saturated carbocycles. The highest BCUT2D eigenvalue weighted by Crippen LogP contribution is 2.17. The molecule has 1 aromatic rings. The van der Waals surface area contributed by atoms with Gasteiger partial charge in [0.25, 0.3) is 5.91 Å². The number of carboxylic acids is 1. The van der Waals surface area contributed by atoms with Gasteiger partial charge in [0.05, 0.1) is 24.5 Å². The molecule has 2 rings (SSSR count). The molecule has 0 aliphatic carbocycles. The second kappa shape index (κ2) is 8.06. The summed E-state index contributed by atoms with van der Waals surface area (Å²) in [6.45, 7) is -0.937. The van der Waals surface area contributed by atoms with E-state index in [1.165, 1.54) is 11.0 Å². The van der Waals surface area contributed by atoms with Crippen molar-refractivity contribution in [2.45, 2.75) is 6.10 Å². The van der Waals surface area contributed by atoms with E-state index in [9.17, 15) is 26.8 Å². The van der Waals surface area contributed by atoms with Gasteiger partial charge in [0.1, 0.15) is 6.54 Å². The summed E-state index contributed by atoms with van der Waals surface area (Å²) < 4.78 is 56.6. The van der Waals surface area contributed by atoms with Crippen molar-refractivity contribution in [3.05, 3.63) is 35.4 Å². The fraction of sp³-hybridized carbons (Fsp3) is 0.467. The highest BCUT2D eigenvalue weighted by atomic mass is 32.2. The van der Waals surface area contributed by atoms with Gasteiger partial charge in [-0.1, -0.05) is 6.07 Å². The lowest BCUT2D eigenvalue weighted by atomic mass is 10.1. The van der Waals surface area contributed by atoms with Crippen molar-refractivity contribution >= 4 is 21.9 Å². The number of carbonyl (C=O) groups is 2. The normalized spacial score (nSPS) is 18.2. The lowest BCUT2D eigenvalue weighted by Gasteiger charge is -2.35. The molecule has 0 bridgehead atoms. The standard InChI is InChI=1S/C15H18F2N2O6S/c1-26(23,24)19(9-13(20)21)8-10-7-18(5-6-25-10)15(22)11-3-2-4-12(16)14(11)17/h2-4,10H,5-9H2,1H3,(H,20,21). The number of aliphatic carboxylic acids is 1. The van der Waals surface area contributed by atoms with Crippen molar-refractivity contribution in [3.8, 4) is 0 Å². The Hall–Kier alpha value is -2.11. The highest BCUT2D eigenvalue weighted by Gasteiger charge is 2.31. The van der Waals surface area contributed by atoms with Crippen molar-refractivity contribution < 1.29 is 36.6 Å². The van der Waals surface area contributed by atoms with Gasteiger partial charge in [0.2, 0.25) is 10.0 Å². The number of amides is 1. The number of sulfonamides is 1. The third kappa shape index (κ3) is 4.96. The molecule has 1 fully saturated rings. The number of benzene rings is 1. The fourth-order valence-corrected chi connectivity index (χ4v) is 3.33. The molecule has 1 aromatic carbocycles. The van der Waals surface area contributed by atoms with Gasteiger partial charge in [0.15, 0.2) is 11.6 Å². The minimum atomic E-state index is -3.80. The maximum Gasteiger partial charge on any atom is 0.318 e. The topological polar surface area (TPSA) is 104 Å². The Morgan fingerprint density at radius 3 is 2.69 bits per heavy atom. The van der Waals surface area contributed by atoms with Crippen LogP contribution in [0, 0.1) is 11.6 Å². The van der Waals surface area contributed by atoms with E-state index in [0.717, 1.165) is 22.7 Å². The largest absolute Gasteiger partial charge is 0.480 e. The smallest absolute Gasteiger partial charge is 0.318 e. The molecule has 0 radical (unpaired) electrons. The summed E-state index contributed by atoms with van der Waals surface area (Å²) in [6.07, 6.45) is 0.0717. The Morgan fingerprint density at radius 1 is 1.38 bits per heavy atom. The van der Waals surface area contributed by atoms with Crippen LogP contribution in [0.2, 0.25) is 0 Å². The number of hydrogen-bond donors (Lipinski definition) is 1. The summed E-state index contributed by atoms with van der Waals surface area (Å²) in [5, 5.41) is 8.83. The molecule has 1 saturated heterocycles.